The van der Waals surface area contributed by atoms with Gasteiger partial charge in [0.25, 0.3) is 0 Å². The van der Waals surface area contributed by atoms with Crippen LogP contribution in [0.5, 0.6) is 0 Å². The van der Waals surface area contributed by atoms with E-state index in [4.69, 9.17) is 4.74 Å². The summed E-state index contributed by atoms with van der Waals surface area (Å²) in [5.41, 5.74) is 2.56. The standard InChI is InChI=1S/C17H24N2O2/c1-12-10-18(11-13(2)21-12)17(20)14(3)19-9-8-15-6-4-5-7-16(15)19/h4-7,12-14H,8-11H2,1-3H3/t12-,13-,14-/m1/s1. The van der Waals surface area contributed by atoms with Gasteiger partial charge in [0, 0.05) is 25.3 Å². The summed E-state index contributed by atoms with van der Waals surface area (Å²) >= 11 is 0. The fourth-order valence-electron chi connectivity index (χ4n) is 3.52. The molecule has 21 heavy (non-hydrogen) atoms. The molecule has 1 fully saturated rings. The smallest absolute Gasteiger partial charge is 0.245 e. The van der Waals surface area contributed by atoms with Crippen LogP contribution in [0.4, 0.5) is 5.69 Å². The third-order valence-electron chi connectivity index (χ3n) is 4.48. The van der Waals surface area contributed by atoms with Crippen LogP contribution < -0.4 is 4.90 Å². The lowest BCUT2D eigenvalue weighted by Crippen LogP contribution is -2.54. The maximum absolute atomic E-state index is 12.8. The molecule has 1 aromatic rings. The number of fused-ring (bicyclic) bond motifs is 1. The van der Waals surface area contributed by atoms with Crippen molar-refractivity contribution in [3.8, 4) is 0 Å². The van der Waals surface area contributed by atoms with Crippen LogP contribution >= 0.6 is 0 Å². The first kappa shape index (κ1) is 14.4. The van der Waals surface area contributed by atoms with E-state index in [1.807, 2.05) is 31.7 Å². The maximum Gasteiger partial charge on any atom is 0.245 e. The summed E-state index contributed by atoms with van der Waals surface area (Å²) < 4.78 is 5.72. The van der Waals surface area contributed by atoms with Crippen molar-refractivity contribution in [1.82, 2.24) is 4.90 Å². The molecule has 0 bridgehead atoms. The van der Waals surface area contributed by atoms with Gasteiger partial charge < -0.3 is 14.5 Å². The predicted molar refractivity (Wildman–Crippen MR) is 83.5 cm³/mol. The number of ether oxygens (including phenoxy) is 1. The topological polar surface area (TPSA) is 32.8 Å². The minimum absolute atomic E-state index is 0.105. The summed E-state index contributed by atoms with van der Waals surface area (Å²) in [5, 5.41) is 0. The summed E-state index contributed by atoms with van der Waals surface area (Å²) in [4.78, 5) is 17.0. The average Bonchev–Trinajstić information content (AvgIpc) is 2.88. The number of morpholine rings is 1. The Morgan fingerprint density at radius 1 is 1.24 bits per heavy atom. The van der Waals surface area contributed by atoms with Gasteiger partial charge >= 0.3 is 0 Å². The zero-order chi connectivity index (χ0) is 15.0. The Balaban J connectivity index is 1.74. The van der Waals surface area contributed by atoms with Crippen LogP contribution in [0.15, 0.2) is 24.3 Å². The molecule has 2 heterocycles. The highest BCUT2D eigenvalue weighted by Gasteiger charge is 2.33. The first-order chi connectivity index (χ1) is 10.1. The van der Waals surface area contributed by atoms with E-state index >= 15 is 0 Å². The largest absolute Gasteiger partial charge is 0.372 e. The molecule has 1 saturated heterocycles. The van der Waals surface area contributed by atoms with E-state index in [9.17, 15) is 4.79 Å². The van der Waals surface area contributed by atoms with Crippen LogP contribution in [-0.2, 0) is 16.0 Å². The normalized spacial score (nSPS) is 26.6. The first-order valence-corrected chi connectivity index (χ1v) is 7.85. The highest BCUT2D eigenvalue weighted by atomic mass is 16.5. The lowest BCUT2D eigenvalue weighted by molar-refractivity contribution is -0.144. The molecule has 0 unspecified atom stereocenters. The molecule has 4 nitrogen and oxygen atoms in total. The number of rotatable bonds is 2. The Kier molecular flexibility index (Phi) is 3.89. The Morgan fingerprint density at radius 2 is 1.90 bits per heavy atom. The number of para-hydroxylation sites is 1. The number of hydrogen-bond donors (Lipinski definition) is 0. The molecule has 2 aliphatic heterocycles. The summed E-state index contributed by atoms with van der Waals surface area (Å²) in [6.45, 7) is 8.42. The molecule has 4 heteroatoms. The minimum Gasteiger partial charge on any atom is -0.372 e. The van der Waals surface area contributed by atoms with E-state index in [1.54, 1.807) is 0 Å². The molecule has 2 aliphatic rings. The molecule has 0 aromatic heterocycles. The molecule has 1 aromatic carbocycles. The highest BCUT2D eigenvalue weighted by Crippen LogP contribution is 2.29. The Morgan fingerprint density at radius 3 is 2.62 bits per heavy atom. The van der Waals surface area contributed by atoms with E-state index in [0.29, 0.717) is 13.1 Å². The second-order valence-electron chi connectivity index (χ2n) is 6.25. The average molecular weight is 288 g/mol. The number of carbonyl (C=O) groups excluding carboxylic acids is 1. The second kappa shape index (κ2) is 5.68. The molecule has 0 radical (unpaired) electrons. The molecular weight excluding hydrogens is 264 g/mol. The third-order valence-corrected chi connectivity index (χ3v) is 4.48. The molecular formula is C17H24N2O2. The van der Waals surface area contributed by atoms with Gasteiger partial charge in [-0.15, -0.1) is 0 Å². The van der Waals surface area contributed by atoms with E-state index in [1.165, 1.54) is 11.3 Å². The van der Waals surface area contributed by atoms with Crippen LogP contribution in [-0.4, -0.2) is 48.7 Å². The van der Waals surface area contributed by atoms with E-state index < -0.39 is 0 Å². The predicted octanol–water partition coefficient (Wildman–Crippen LogP) is 2.07. The quantitative estimate of drug-likeness (QED) is 0.835. The van der Waals surface area contributed by atoms with Gasteiger partial charge in [-0.3, -0.25) is 4.79 Å². The molecule has 0 aliphatic carbocycles. The van der Waals surface area contributed by atoms with Gasteiger partial charge in [0.15, 0.2) is 0 Å². The number of anilines is 1. The van der Waals surface area contributed by atoms with Gasteiger partial charge in [-0.05, 0) is 38.8 Å². The zero-order valence-electron chi connectivity index (χ0n) is 13.1. The third kappa shape index (κ3) is 2.77. The summed E-state index contributed by atoms with van der Waals surface area (Å²) in [7, 11) is 0. The molecule has 3 rings (SSSR count). The maximum atomic E-state index is 12.8. The van der Waals surface area contributed by atoms with Crippen molar-refractivity contribution in [3.63, 3.8) is 0 Å². The number of carbonyl (C=O) groups is 1. The number of nitrogens with zero attached hydrogens (tertiary/aromatic N) is 2. The Labute approximate surface area is 126 Å². The summed E-state index contributed by atoms with van der Waals surface area (Å²) in [6, 6.07) is 8.29. The van der Waals surface area contributed by atoms with Crippen molar-refractivity contribution in [1.29, 1.82) is 0 Å². The minimum atomic E-state index is -0.105. The Hall–Kier alpha value is -1.55. The second-order valence-corrected chi connectivity index (χ2v) is 6.25. The Bertz CT molecular complexity index is 521. The van der Waals surface area contributed by atoms with Crippen molar-refractivity contribution in [2.24, 2.45) is 0 Å². The molecule has 0 N–H and O–H groups in total. The molecule has 114 valence electrons. The summed E-state index contributed by atoms with van der Waals surface area (Å²) in [5.74, 6) is 0.216. The zero-order valence-corrected chi connectivity index (χ0v) is 13.1. The van der Waals surface area contributed by atoms with Gasteiger partial charge in [-0.25, -0.2) is 0 Å². The molecule has 0 spiro atoms. The SMILES string of the molecule is C[C@@H]1CN(C(=O)[C@@H](C)N2CCc3ccccc32)C[C@@H](C)O1. The van der Waals surface area contributed by atoms with Crippen LogP contribution in [0.2, 0.25) is 0 Å². The van der Waals surface area contributed by atoms with E-state index in [2.05, 4.69) is 23.1 Å². The number of amides is 1. The highest BCUT2D eigenvalue weighted by molar-refractivity contribution is 5.86. The number of benzene rings is 1. The van der Waals surface area contributed by atoms with Crippen molar-refractivity contribution in [2.45, 2.75) is 45.4 Å². The monoisotopic (exact) mass is 288 g/mol. The lowest BCUT2D eigenvalue weighted by Gasteiger charge is -2.38. The van der Waals surface area contributed by atoms with E-state index in [-0.39, 0.29) is 24.2 Å². The van der Waals surface area contributed by atoms with Crippen LogP contribution in [0.25, 0.3) is 0 Å². The molecule has 0 saturated carbocycles. The van der Waals surface area contributed by atoms with Gasteiger partial charge in [-0.2, -0.15) is 0 Å². The number of hydrogen-bond acceptors (Lipinski definition) is 3. The van der Waals surface area contributed by atoms with Gasteiger partial charge in [0.05, 0.1) is 12.2 Å². The van der Waals surface area contributed by atoms with Crippen molar-refractivity contribution in [3.05, 3.63) is 29.8 Å². The fourth-order valence-corrected chi connectivity index (χ4v) is 3.52. The van der Waals surface area contributed by atoms with Crippen LogP contribution in [0, 0.1) is 0 Å². The first-order valence-electron chi connectivity index (χ1n) is 7.85. The van der Waals surface area contributed by atoms with Crippen molar-refractivity contribution < 1.29 is 9.53 Å². The van der Waals surface area contributed by atoms with Crippen LogP contribution in [0.3, 0.4) is 0 Å². The van der Waals surface area contributed by atoms with Crippen LogP contribution in [0.1, 0.15) is 26.3 Å². The van der Waals surface area contributed by atoms with Gasteiger partial charge in [0.2, 0.25) is 5.91 Å². The summed E-state index contributed by atoms with van der Waals surface area (Å²) in [6.07, 6.45) is 1.27. The van der Waals surface area contributed by atoms with Crippen molar-refractivity contribution >= 4 is 11.6 Å². The van der Waals surface area contributed by atoms with Gasteiger partial charge in [0.1, 0.15) is 6.04 Å². The van der Waals surface area contributed by atoms with Crippen molar-refractivity contribution in [2.75, 3.05) is 24.5 Å². The molecule has 1 amide bonds. The lowest BCUT2D eigenvalue weighted by atomic mass is 10.1. The van der Waals surface area contributed by atoms with E-state index in [0.717, 1.165) is 13.0 Å². The molecule has 3 atom stereocenters. The fraction of sp³-hybridized carbons (Fsp3) is 0.588. The van der Waals surface area contributed by atoms with Gasteiger partial charge in [-0.1, -0.05) is 18.2 Å².